The van der Waals surface area contributed by atoms with Gasteiger partial charge in [-0.25, -0.2) is 14.6 Å². The lowest BCUT2D eigenvalue weighted by Gasteiger charge is -2.22. The van der Waals surface area contributed by atoms with Crippen molar-refractivity contribution in [3.8, 4) is 11.3 Å². The summed E-state index contributed by atoms with van der Waals surface area (Å²) in [4.78, 5) is 12.8. The van der Waals surface area contributed by atoms with Crippen molar-refractivity contribution in [1.29, 1.82) is 0 Å². The zero-order valence-corrected chi connectivity index (χ0v) is 14.7. The molecule has 5 rings (SSSR count). The van der Waals surface area contributed by atoms with Crippen molar-refractivity contribution in [2.24, 2.45) is 5.92 Å². The highest BCUT2D eigenvalue weighted by molar-refractivity contribution is 5.99. The Morgan fingerprint density at radius 3 is 2.89 bits per heavy atom. The minimum absolute atomic E-state index is 0.145. The van der Waals surface area contributed by atoms with Gasteiger partial charge in [0.25, 0.3) is 6.01 Å². The Morgan fingerprint density at radius 2 is 2.04 bits per heavy atom. The van der Waals surface area contributed by atoms with Crippen LogP contribution in [-0.2, 0) is 6.54 Å². The van der Waals surface area contributed by atoms with Gasteiger partial charge in [-0.1, -0.05) is 0 Å². The van der Waals surface area contributed by atoms with E-state index in [-0.39, 0.29) is 6.01 Å². The van der Waals surface area contributed by atoms with Crippen LogP contribution in [0.4, 0.5) is 11.8 Å². The van der Waals surface area contributed by atoms with Crippen LogP contribution >= 0.6 is 0 Å². The van der Waals surface area contributed by atoms with Gasteiger partial charge >= 0.3 is 0 Å². The van der Waals surface area contributed by atoms with Gasteiger partial charge in [0.2, 0.25) is 0 Å². The summed E-state index contributed by atoms with van der Waals surface area (Å²) in [6.07, 6.45) is 3.74. The molecule has 1 aliphatic heterocycles. The number of nitrogen functional groups attached to an aromatic ring is 2. The zero-order chi connectivity index (χ0) is 18.4. The molecule has 0 atom stereocenters. The number of hydrogen-bond donors (Lipinski definition) is 3. The first-order chi connectivity index (χ1) is 13.2. The number of anilines is 2. The van der Waals surface area contributed by atoms with Crippen LogP contribution in [-0.4, -0.2) is 37.8 Å². The lowest BCUT2D eigenvalue weighted by Crippen LogP contribution is -2.30. The van der Waals surface area contributed by atoms with Gasteiger partial charge in [-0.3, -0.25) is 0 Å². The van der Waals surface area contributed by atoms with Gasteiger partial charge in [0.05, 0.1) is 5.39 Å². The van der Waals surface area contributed by atoms with E-state index in [1.165, 1.54) is 6.33 Å². The second-order valence-electron chi connectivity index (χ2n) is 6.92. The molecule has 9 heteroatoms. The SMILES string of the molecule is Nc1nc2cc(-c3nn(CC4CCNCC4)c4ncnc(N)c34)ccc2o1. The van der Waals surface area contributed by atoms with Gasteiger partial charge in [0.1, 0.15) is 23.4 Å². The topological polar surface area (TPSA) is 134 Å². The number of oxazole rings is 1. The van der Waals surface area contributed by atoms with Crippen molar-refractivity contribution < 1.29 is 4.42 Å². The summed E-state index contributed by atoms with van der Waals surface area (Å²) in [7, 11) is 0. The van der Waals surface area contributed by atoms with Crippen molar-refractivity contribution in [2.45, 2.75) is 19.4 Å². The van der Waals surface area contributed by atoms with Crippen molar-refractivity contribution in [3.63, 3.8) is 0 Å². The van der Waals surface area contributed by atoms with E-state index in [1.807, 2.05) is 22.9 Å². The molecule has 0 spiro atoms. The summed E-state index contributed by atoms with van der Waals surface area (Å²) in [6, 6.07) is 5.81. The zero-order valence-electron chi connectivity index (χ0n) is 14.7. The maximum Gasteiger partial charge on any atom is 0.292 e. The van der Waals surface area contributed by atoms with Gasteiger partial charge in [-0.05, 0) is 50.0 Å². The maximum absolute atomic E-state index is 6.19. The number of hydrogen-bond acceptors (Lipinski definition) is 8. The van der Waals surface area contributed by atoms with Crippen molar-refractivity contribution in [3.05, 3.63) is 24.5 Å². The third kappa shape index (κ3) is 2.76. The van der Waals surface area contributed by atoms with Crippen LogP contribution in [0.2, 0.25) is 0 Å². The van der Waals surface area contributed by atoms with Crippen molar-refractivity contribution in [2.75, 3.05) is 24.6 Å². The number of piperidine rings is 1. The van der Waals surface area contributed by atoms with Crippen LogP contribution in [0.25, 0.3) is 33.4 Å². The number of nitrogens with one attached hydrogen (secondary N) is 1. The van der Waals surface area contributed by atoms with Crippen LogP contribution in [0.5, 0.6) is 0 Å². The molecule has 9 nitrogen and oxygen atoms in total. The highest BCUT2D eigenvalue weighted by atomic mass is 16.4. The highest BCUT2D eigenvalue weighted by Gasteiger charge is 2.21. The number of aromatic nitrogens is 5. The van der Waals surface area contributed by atoms with E-state index >= 15 is 0 Å². The number of nitrogens with two attached hydrogens (primary N) is 2. The Bertz CT molecular complexity index is 1130. The second-order valence-corrected chi connectivity index (χ2v) is 6.92. The number of nitrogens with zero attached hydrogens (tertiary/aromatic N) is 5. The highest BCUT2D eigenvalue weighted by Crippen LogP contribution is 2.32. The molecule has 1 aromatic carbocycles. The summed E-state index contributed by atoms with van der Waals surface area (Å²) >= 11 is 0. The van der Waals surface area contributed by atoms with E-state index in [0.29, 0.717) is 22.8 Å². The molecule has 1 aliphatic rings. The molecule has 3 aromatic heterocycles. The monoisotopic (exact) mass is 364 g/mol. The number of benzene rings is 1. The fraction of sp³-hybridized carbons (Fsp3) is 0.333. The van der Waals surface area contributed by atoms with Crippen LogP contribution < -0.4 is 16.8 Å². The van der Waals surface area contributed by atoms with Crippen LogP contribution in [0, 0.1) is 5.92 Å². The molecule has 5 N–H and O–H groups in total. The molecule has 0 amide bonds. The molecule has 0 bridgehead atoms. The van der Waals surface area contributed by atoms with Crippen molar-refractivity contribution in [1.82, 2.24) is 30.0 Å². The molecule has 0 radical (unpaired) electrons. The van der Waals surface area contributed by atoms with E-state index in [4.69, 9.17) is 21.0 Å². The van der Waals surface area contributed by atoms with E-state index in [9.17, 15) is 0 Å². The fourth-order valence-corrected chi connectivity index (χ4v) is 3.76. The summed E-state index contributed by atoms with van der Waals surface area (Å²) in [6.45, 7) is 2.89. The van der Waals surface area contributed by atoms with E-state index in [2.05, 4.69) is 20.3 Å². The molecular formula is C18H20N8O. The largest absolute Gasteiger partial charge is 0.424 e. The third-order valence-electron chi connectivity index (χ3n) is 5.13. The molecule has 27 heavy (non-hydrogen) atoms. The molecule has 138 valence electrons. The first kappa shape index (κ1) is 16.0. The molecule has 4 heterocycles. The first-order valence-corrected chi connectivity index (χ1v) is 9.03. The first-order valence-electron chi connectivity index (χ1n) is 9.03. The summed E-state index contributed by atoms with van der Waals surface area (Å²) < 4.78 is 7.32. The molecule has 1 saturated heterocycles. The van der Waals surface area contributed by atoms with Crippen LogP contribution in [0.15, 0.2) is 28.9 Å². The predicted molar refractivity (Wildman–Crippen MR) is 103 cm³/mol. The minimum Gasteiger partial charge on any atom is -0.424 e. The molecule has 4 aromatic rings. The van der Waals surface area contributed by atoms with Gasteiger partial charge in [0, 0.05) is 12.1 Å². The Labute approximate surface area is 154 Å². The minimum atomic E-state index is 0.145. The van der Waals surface area contributed by atoms with Crippen LogP contribution in [0.3, 0.4) is 0 Å². The number of fused-ring (bicyclic) bond motifs is 2. The van der Waals surface area contributed by atoms with Gasteiger partial charge in [0.15, 0.2) is 11.2 Å². The summed E-state index contributed by atoms with van der Waals surface area (Å²) in [5.74, 6) is 0.988. The normalized spacial score (nSPS) is 15.7. The van der Waals surface area contributed by atoms with Gasteiger partial charge in [-0.15, -0.1) is 0 Å². The Morgan fingerprint density at radius 1 is 1.19 bits per heavy atom. The Kier molecular flexibility index (Phi) is 3.68. The predicted octanol–water partition coefficient (Wildman–Crippen LogP) is 1.80. The summed E-state index contributed by atoms with van der Waals surface area (Å²) in [5.41, 5.74) is 15.6. The average Bonchev–Trinajstić information content (AvgIpc) is 3.22. The molecule has 1 fully saturated rings. The Balaban J connectivity index is 1.64. The smallest absolute Gasteiger partial charge is 0.292 e. The standard InChI is InChI=1S/C18H20N8O/c19-16-14-15(11-1-2-13-12(7-11)24-18(20)27-13)25-26(17(14)23-9-22-16)8-10-3-5-21-6-4-10/h1-2,7,9-10,21H,3-6,8H2,(H2,20,24)(H2,19,22,23). The lowest BCUT2D eigenvalue weighted by atomic mass is 9.98. The van der Waals surface area contributed by atoms with Gasteiger partial charge in [-0.2, -0.15) is 10.1 Å². The molecule has 0 unspecified atom stereocenters. The van der Waals surface area contributed by atoms with E-state index in [1.54, 1.807) is 0 Å². The maximum atomic E-state index is 6.19. The molecule has 0 saturated carbocycles. The number of rotatable bonds is 3. The molecular weight excluding hydrogens is 344 g/mol. The Hall–Kier alpha value is -3.20. The fourth-order valence-electron chi connectivity index (χ4n) is 3.76. The van der Waals surface area contributed by atoms with E-state index < -0.39 is 0 Å². The lowest BCUT2D eigenvalue weighted by molar-refractivity contribution is 0.325. The van der Waals surface area contributed by atoms with Gasteiger partial charge < -0.3 is 21.2 Å². The average molecular weight is 364 g/mol. The molecule has 0 aliphatic carbocycles. The quantitative estimate of drug-likeness (QED) is 0.501. The summed E-state index contributed by atoms with van der Waals surface area (Å²) in [5, 5.41) is 9.01. The third-order valence-corrected chi connectivity index (χ3v) is 5.13. The van der Waals surface area contributed by atoms with E-state index in [0.717, 1.165) is 54.8 Å². The van der Waals surface area contributed by atoms with Crippen LogP contribution in [0.1, 0.15) is 12.8 Å². The van der Waals surface area contributed by atoms with Crippen molar-refractivity contribution >= 4 is 34.0 Å². The second kappa shape index (κ2) is 6.20.